The number of nitrogens with zero attached hydrogens (tertiary/aromatic N) is 1. The molecule has 8 nitrogen and oxygen atoms in total. The van der Waals surface area contributed by atoms with Gasteiger partial charge in [0, 0.05) is 24.2 Å². The highest BCUT2D eigenvalue weighted by Crippen LogP contribution is 2.47. The number of carbonyl (C=O) groups excluding carboxylic acids is 3. The third kappa shape index (κ3) is 6.30. The zero-order chi connectivity index (χ0) is 24.5. The Balaban J connectivity index is 2.54. The van der Waals surface area contributed by atoms with E-state index in [0.29, 0.717) is 0 Å². The average Bonchev–Trinajstić information content (AvgIpc) is 2.93. The summed E-state index contributed by atoms with van der Waals surface area (Å²) < 4.78 is 45.3. The lowest BCUT2D eigenvalue weighted by molar-refractivity contribution is -0.0416. The molecular weight excluding hydrogens is 426 g/mol. The van der Waals surface area contributed by atoms with Crippen molar-refractivity contribution in [1.29, 1.82) is 0 Å². The van der Waals surface area contributed by atoms with Gasteiger partial charge in [0.15, 0.2) is 0 Å². The van der Waals surface area contributed by atoms with Gasteiger partial charge in [-0.25, -0.2) is 23.2 Å². The van der Waals surface area contributed by atoms with E-state index in [2.05, 4.69) is 10.1 Å². The van der Waals surface area contributed by atoms with Crippen molar-refractivity contribution >= 4 is 23.8 Å². The molecule has 2 amide bonds. The van der Waals surface area contributed by atoms with Crippen molar-refractivity contribution in [3.63, 3.8) is 0 Å². The predicted octanol–water partition coefficient (Wildman–Crippen LogP) is 5.14. The number of alkyl halides is 2. The fraction of sp³-hybridized carbons (Fsp3) is 0.591. The van der Waals surface area contributed by atoms with Gasteiger partial charge < -0.3 is 14.2 Å². The van der Waals surface area contributed by atoms with Crippen molar-refractivity contribution in [2.45, 2.75) is 71.1 Å². The van der Waals surface area contributed by atoms with Crippen LogP contribution in [0.5, 0.6) is 0 Å². The highest BCUT2D eigenvalue weighted by atomic mass is 19.3. The fourth-order valence-electron chi connectivity index (χ4n) is 3.24. The second kappa shape index (κ2) is 8.91. The molecule has 1 aliphatic rings. The van der Waals surface area contributed by atoms with Crippen LogP contribution in [0, 0.1) is 0 Å². The van der Waals surface area contributed by atoms with Crippen LogP contribution in [0.15, 0.2) is 18.2 Å². The molecule has 0 aromatic heterocycles. The largest absolute Gasteiger partial charge is 0.465 e. The van der Waals surface area contributed by atoms with Crippen molar-refractivity contribution in [3.8, 4) is 0 Å². The molecule has 1 N–H and O–H groups in total. The van der Waals surface area contributed by atoms with Gasteiger partial charge in [-0.05, 0) is 59.7 Å². The Morgan fingerprint density at radius 3 is 2.19 bits per heavy atom. The number of ether oxygens (including phenoxy) is 3. The van der Waals surface area contributed by atoms with Gasteiger partial charge in [-0.2, -0.15) is 0 Å². The first-order valence-electron chi connectivity index (χ1n) is 10.1. The van der Waals surface area contributed by atoms with Gasteiger partial charge in [0.05, 0.1) is 12.7 Å². The summed E-state index contributed by atoms with van der Waals surface area (Å²) in [5.41, 5.74) is -1.88. The minimum absolute atomic E-state index is 0.0101. The monoisotopic (exact) mass is 456 g/mol. The molecule has 1 aromatic carbocycles. The summed E-state index contributed by atoms with van der Waals surface area (Å²) in [6, 6.07) is 2.03. The molecule has 2 rings (SSSR count). The summed E-state index contributed by atoms with van der Waals surface area (Å²) in [5.74, 6) is -4.09. The van der Waals surface area contributed by atoms with E-state index >= 15 is 8.78 Å². The first kappa shape index (κ1) is 25.4. The Bertz CT molecular complexity index is 889. The van der Waals surface area contributed by atoms with Gasteiger partial charge in [-0.3, -0.25) is 10.2 Å². The highest BCUT2D eigenvalue weighted by Gasteiger charge is 2.53. The third-order valence-electron chi connectivity index (χ3n) is 4.43. The number of hydrogen-bond donors (Lipinski definition) is 1. The van der Waals surface area contributed by atoms with Crippen LogP contribution < -0.4 is 5.32 Å². The fourth-order valence-corrected chi connectivity index (χ4v) is 3.24. The van der Waals surface area contributed by atoms with E-state index in [0.717, 1.165) is 12.0 Å². The van der Waals surface area contributed by atoms with Gasteiger partial charge in [-0.15, -0.1) is 0 Å². The number of halogens is 2. The van der Waals surface area contributed by atoms with E-state index in [1.54, 1.807) is 41.5 Å². The maximum Gasteiger partial charge on any atom is 0.412 e. The molecule has 0 bridgehead atoms. The maximum absolute atomic E-state index is 15.0. The summed E-state index contributed by atoms with van der Waals surface area (Å²) in [5, 5.41) is 2.45. The molecule has 1 fully saturated rings. The standard InChI is InChI=1S/C22H30F2N2O6/c1-20(2,3)31-18(28)25-15-9-8-13(17(27)30-7)12-14(15)16-22(23,24)10-11-26(16)19(29)32-21(4,5)6/h8-9,12,16H,10-11H2,1-7H3,(H,25,28)/t16-/m0/s1. The summed E-state index contributed by atoms with van der Waals surface area (Å²) in [6.45, 7) is 9.58. The molecule has 32 heavy (non-hydrogen) atoms. The first-order chi connectivity index (χ1) is 14.5. The second-order valence-corrected chi connectivity index (χ2v) is 9.51. The van der Waals surface area contributed by atoms with Gasteiger partial charge in [0.1, 0.15) is 17.2 Å². The van der Waals surface area contributed by atoms with Crippen LogP contribution in [0.25, 0.3) is 0 Å². The van der Waals surface area contributed by atoms with Crippen molar-refractivity contribution in [2.24, 2.45) is 0 Å². The number of likely N-dealkylation sites (tertiary alicyclic amines) is 1. The number of hydrogen-bond acceptors (Lipinski definition) is 6. The quantitative estimate of drug-likeness (QED) is 0.500. The number of amides is 2. The van der Waals surface area contributed by atoms with Crippen LogP contribution in [-0.4, -0.2) is 53.8 Å². The molecule has 0 saturated carbocycles. The Morgan fingerprint density at radius 2 is 1.66 bits per heavy atom. The summed E-state index contributed by atoms with van der Waals surface area (Å²) >= 11 is 0. The van der Waals surface area contributed by atoms with E-state index in [-0.39, 0.29) is 23.4 Å². The summed E-state index contributed by atoms with van der Waals surface area (Å²) in [4.78, 5) is 38.0. The molecule has 1 saturated heterocycles. The van der Waals surface area contributed by atoms with Crippen LogP contribution in [0.3, 0.4) is 0 Å². The predicted molar refractivity (Wildman–Crippen MR) is 113 cm³/mol. The molecule has 10 heteroatoms. The first-order valence-corrected chi connectivity index (χ1v) is 10.1. The zero-order valence-electron chi connectivity index (χ0n) is 19.4. The number of carbonyl (C=O) groups is 3. The van der Waals surface area contributed by atoms with Crippen LogP contribution in [-0.2, 0) is 14.2 Å². The van der Waals surface area contributed by atoms with E-state index < -0.39 is 47.7 Å². The number of anilines is 1. The van der Waals surface area contributed by atoms with Gasteiger partial charge in [0.25, 0.3) is 5.92 Å². The number of esters is 1. The number of rotatable bonds is 3. The van der Waals surface area contributed by atoms with E-state index in [4.69, 9.17) is 9.47 Å². The van der Waals surface area contributed by atoms with Crippen molar-refractivity contribution in [2.75, 3.05) is 19.0 Å². The maximum atomic E-state index is 15.0. The topological polar surface area (TPSA) is 94.2 Å². The molecule has 178 valence electrons. The Labute approximate surface area is 186 Å². The third-order valence-corrected chi connectivity index (χ3v) is 4.43. The highest BCUT2D eigenvalue weighted by molar-refractivity contribution is 5.92. The van der Waals surface area contributed by atoms with Crippen molar-refractivity contribution in [1.82, 2.24) is 4.90 Å². The second-order valence-electron chi connectivity index (χ2n) is 9.51. The lowest BCUT2D eigenvalue weighted by Gasteiger charge is -2.31. The number of nitrogens with one attached hydrogen (secondary N) is 1. The zero-order valence-corrected chi connectivity index (χ0v) is 19.4. The van der Waals surface area contributed by atoms with E-state index in [1.807, 2.05) is 0 Å². The number of methoxy groups -OCH3 is 1. The van der Waals surface area contributed by atoms with Gasteiger partial charge in [0.2, 0.25) is 0 Å². The molecule has 1 heterocycles. The number of benzene rings is 1. The molecule has 0 spiro atoms. The lowest BCUT2D eigenvalue weighted by atomic mass is 9.97. The molecule has 0 aliphatic carbocycles. The van der Waals surface area contributed by atoms with Crippen molar-refractivity contribution in [3.05, 3.63) is 29.3 Å². The average molecular weight is 456 g/mol. The smallest absolute Gasteiger partial charge is 0.412 e. The molecule has 1 atom stereocenters. The van der Waals surface area contributed by atoms with Crippen LogP contribution in [0.4, 0.5) is 24.1 Å². The van der Waals surface area contributed by atoms with E-state index in [9.17, 15) is 14.4 Å². The van der Waals surface area contributed by atoms with Crippen LogP contribution in [0.1, 0.15) is 69.9 Å². The normalized spacial score (nSPS) is 18.2. The van der Waals surface area contributed by atoms with E-state index in [1.165, 1.54) is 18.2 Å². The van der Waals surface area contributed by atoms with Crippen LogP contribution in [0.2, 0.25) is 0 Å². The molecular formula is C22H30F2N2O6. The SMILES string of the molecule is COC(=O)c1ccc(NC(=O)OC(C)(C)C)c([C@@H]2N(C(=O)OC(C)(C)C)CCC2(F)F)c1. The molecule has 0 radical (unpaired) electrons. The van der Waals surface area contributed by atoms with Crippen LogP contribution >= 0.6 is 0 Å². The molecule has 0 unspecified atom stereocenters. The van der Waals surface area contributed by atoms with Gasteiger partial charge in [-0.1, -0.05) is 0 Å². The Morgan fingerprint density at radius 1 is 1.06 bits per heavy atom. The summed E-state index contributed by atoms with van der Waals surface area (Å²) in [6.07, 6.45) is -2.40. The molecule has 1 aliphatic heterocycles. The minimum Gasteiger partial charge on any atom is -0.465 e. The lowest BCUT2D eigenvalue weighted by Crippen LogP contribution is -2.40. The minimum atomic E-state index is -3.34. The Kier molecular flexibility index (Phi) is 7.06. The molecule has 1 aromatic rings. The summed E-state index contributed by atoms with van der Waals surface area (Å²) in [7, 11) is 1.16. The van der Waals surface area contributed by atoms with Gasteiger partial charge >= 0.3 is 18.2 Å². The Hall–Kier alpha value is -2.91. The van der Waals surface area contributed by atoms with Crippen molar-refractivity contribution < 1.29 is 37.4 Å².